The summed E-state index contributed by atoms with van der Waals surface area (Å²) >= 11 is 2.99. The van der Waals surface area contributed by atoms with Crippen LogP contribution < -0.4 is 5.32 Å². The van der Waals surface area contributed by atoms with E-state index in [4.69, 9.17) is 0 Å². The first-order valence-electron chi connectivity index (χ1n) is 8.04. The highest BCUT2D eigenvalue weighted by molar-refractivity contribution is 7.17. The summed E-state index contributed by atoms with van der Waals surface area (Å²) in [5.41, 5.74) is 1.79. The molecule has 26 heavy (non-hydrogen) atoms. The Labute approximate surface area is 157 Å². The summed E-state index contributed by atoms with van der Waals surface area (Å²) in [4.78, 5) is 19.2. The summed E-state index contributed by atoms with van der Waals surface area (Å²) in [6, 6.07) is 9.82. The lowest BCUT2D eigenvalue weighted by Gasteiger charge is -2.03. The molecule has 0 unspecified atom stereocenters. The number of rotatable bonds is 5. The van der Waals surface area contributed by atoms with Crippen molar-refractivity contribution in [1.82, 2.24) is 19.9 Å². The van der Waals surface area contributed by atoms with Crippen LogP contribution in [0.3, 0.4) is 0 Å². The number of amides is 1. The van der Waals surface area contributed by atoms with E-state index in [1.54, 1.807) is 28.0 Å². The minimum absolute atomic E-state index is 0.0456. The molecule has 0 aliphatic rings. The van der Waals surface area contributed by atoms with Crippen molar-refractivity contribution in [3.63, 3.8) is 0 Å². The van der Waals surface area contributed by atoms with Gasteiger partial charge in [-0.15, -0.1) is 16.4 Å². The molecule has 0 fully saturated rings. The highest BCUT2D eigenvalue weighted by Gasteiger charge is 2.15. The second-order valence-electron chi connectivity index (χ2n) is 5.73. The maximum absolute atomic E-state index is 13.1. The number of thiazole rings is 1. The molecule has 0 saturated carbocycles. The van der Waals surface area contributed by atoms with Crippen molar-refractivity contribution in [1.29, 1.82) is 0 Å². The van der Waals surface area contributed by atoms with E-state index in [1.807, 2.05) is 24.4 Å². The first kappa shape index (κ1) is 16.9. The van der Waals surface area contributed by atoms with E-state index in [1.165, 1.54) is 23.5 Å². The Morgan fingerprint density at radius 3 is 2.77 bits per heavy atom. The summed E-state index contributed by atoms with van der Waals surface area (Å²) in [6.07, 6.45) is 0.727. The summed E-state index contributed by atoms with van der Waals surface area (Å²) < 4.78 is 14.9. The van der Waals surface area contributed by atoms with Gasteiger partial charge in [-0.3, -0.25) is 4.79 Å². The number of hydrogen-bond donors (Lipinski definition) is 1. The van der Waals surface area contributed by atoms with Gasteiger partial charge in [0.05, 0.1) is 10.6 Å². The molecular formula is C18H15FN4OS2. The minimum Gasteiger partial charge on any atom is -0.351 e. The van der Waals surface area contributed by atoms with Crippen molar-refractivity contribution < 1.29 is 9.18 Å². The Bertz CT molecular complexity index is 1050. The molecular weight excluding hydrogens is 371 g/mol. The van der Waals surface area contributed by atoms with Crippen LogP contribution in [0.15, 0.2) is 41.8 Å². The van der Waals surface area contributed by atoms with E-state index < -0.39 is 0 Å². The van der Waals surface area contributed by atoms with E-state index in [0.717, 1.165) is 27.5 Å². The van der Waals surface area contributed by atoms with Crippen LogP contribution in [0.2, 0.25) is 0 Å². The quantitative estimate of drug-likeness (QED) is 0.565. The zero-order valence-corrected chi connectivity index (χ0v) is 15.5. The third-order valence-electron chi connectivity index (χ3n) is 4.00. The first-order chi connectivity index (χ1) is 12.6. The number of carbonyl (C=O) groups is 1. The predicted molar refractivity (Wildman–Crippen MR) is 101 cm³/mol. The van der Waals surface area contributed by atoms with Gasteiger partial charge in [0.25, 0.3) is 5.91 Å². The zero-order valence-electron chi connectivity index (χ0n) is 13.9. The Kier molecular flexibility index (Phi) is 4.52. The number of aryl methyl sites for hydroxylation is 1. The van der Waals surface area contributed by atoms with Gasteiger partial charge < -0.3 is 5.32 Å². The van der Waals surface area contributed by atoms with Gasteiger partial charge in [-0.25, -0.2) is 8.91 Å². The van der Waals surface area contributed by atoms with Crippen LogP contribution in [0.4, 0.5) is 4.39 Å². The van der Waals surface area contributed by atoms with Crippen LogP contribution in [-0.2, 0) is 6.42 Å². The molecule has 4 aromatic rings. The fraction of sp³-hybridized carbons (Fsp3) is 0.167. The number of aromatic nitrogens is 3. The van der Waals surface area contributed by atoms with E-state index in [-0.39, 0.29) is 11.7 Å². The molecule has 0 aliphatic heterocycles. The number of fused-ring (bicyclic) bond motifs is 1. The summed E-state index contributed by atoms with van der Waals surface area (Å²) in [6.45, 7) is 2.55. The van der Waals surface area contributed by atoms with E-state index in [9.17, 15) is 9.18 Å². The van der Waals surface area contributed by atoms with Gasteiger partial charge in [0.15, 0.2) is 5.82 Å². The number of carbonyl (C=O) groups excluding carboxylic acids is 1. The molecule has 0 saturated heterocycles. The summed E-state index contributed by atoms with van der Waals surface area (Å²) in [5.74, 6) is 0.255. The van der Waals surface area contributed by atoms with Gasteiger partial charge in [0.2, 0.25) is 4.96 Å². The topological polar surface area (TPSA) is 59.3 Å². The second kappa shape index (κ2) is 6.97. The normalized spacial score (nSPS) is 11.2. The van der Waals surface area contributed by atoms with Crippen molar-refractivity contribution in [2.75, 3.05) is 6.54 Å². The highest BCUT2D eigenvalue weighted by atomic mass is 32.1. The molecule has 8 heteroatoms. The number of hydrogen-bond acceptors (Lipinski definition) is 5. The van der Waals surface area contributed by atoms with Crippen LogP contribution in [0, 0.1) is 12.7 Å². The lowest BCUT2D eigenvalue weighted by Crippen LogP contribution is -2.24. The molecule has 4 rings (SSSR count). The van der Waals surface area contributed by atoms with Crippen molar-refractivity contribution in [2.45, 2.75) is 13.3 Å². The number of nitrogens with one attached hydrogen (secondary N) is 1. The average molecular weight is 386 g/mol. The van der Waals surface area contributed by atoms with Crippen LogP contribution in [-0.4, -0.2) is 27.0 Å². The van der Waals surface area contributed by atoms with E-state index in [2.05, 4.69) is 15.4 Å². The average Bonchev–Trinajstić information content (AvgIpc) is 3.35. The van der Waals surface area contributed by atoms with Gasteiger partial charge in [0.1, 0.15) is 5.82 Å². The van der Waals surface area contributed by atoms with Crippen molar-refractivity contribution >= 4 is 33.5 Å². The van der Waals surface area contributed by atoms with Crippen LogP contribution in [0.1, 0.15) is 20.2 Å². The summed E-state index contributed by atoms with van der Waals surface area (Å²) in [7, 11) is 0. The smallest absolute Gasteiger partial charge is 0.261 e. The maximum atomic E-state index is 13.1. The number of thiophene rings is 1. The summed E-state index contributed by atoms with van der Waals surface area (Å²) in [5, 5.41) is 9.34. The van der Waals surface area contributed by atoms with Crippen LogP contribution >= 0.6 is 22.7 Å². The van der Waals surface area contributed by atoms with Gasteiger partial charge in [-0.1, -0.05) is 17.4 Å². The Morgan fingerprint density at radius 1 is 1.27 bits per heavy atom. The Balaban J connectivity index is 1.47. The van der Waals surface area contributed by atoms with Gasteiger partial charge in [-0.2, -0.15) is 4.98 Å². The highest BCUT2D eigenvalue weighted by Crippen LogP contribution is 2.25. The monoisotopic (exact) mass is 386 g/mol. The molecule has 0 atom stereocenters. The molecule has 0 bridgehead atoms. The molecule has 0 aliphatic carbocycles. The molecule has 0 radical (unpaired) electrons. The molecule has 0 spiro atoms. The van der Waals surface area contributed by atoms with E-state index in [0.29, 0.717) is 17.2 Å². The second-order valence-corrected chi connectivity index (χ2v) is 7.74. The van der Waals surface area contributed by atoms with Crippen molar-refractivity contribution in [3.8, 4) is 11.4 Å². The van der Waals surface area contributed by atoms with Gasteiger partial charge in [0, 0.05) is 23.4 Å². The number of halogens is 1. The number of benzene rings is 1. The molecule has 1 aromatic carbocycles. The van der Waals surface area contributed by atoms with Crippen LogP contribution in [0.25, 0.3) is 16.3 Å². The van der Waals surface area contributed by atoms with Gasteiger partial charge in [-0.05, 0) is 42.6 Å². The largest absolute Gasteiger partial charge is 0.351 e. The Hall–Kier alpha value is -2.58. The fourth-order valence-electron chi connectivity index (χ4n) is 2.62. The molecule has 5 nitrogen and oxygen atoms in total. The third kappa shape index (κ3) is 3.25. The van der Waals surface area contributed by atoms with Crippen molar-refractivity contribution in [2.24, 2.45) is 0 Å². The molecule has 1 N–H and O–H groups in total. The standard InChI is InChI=1S/C18H15FN4OS2/c1-11-14(8-9-20-17(24)15-3-2-10-25-15)26-18-21-16(22-23(11)18)12-4-6-13(19)7-5-12/h2-7,10H,8-9H2,1H3,(H,20,24). The SMILES string of the molecule is Cc1c(CCNC(=O)c2cccs2)sc2nc(-c3ccc(F)cc3)nn12. The van der Waals surface area contributed by atoms with Crippen LogP contribution in [0.5, 0.6) is 0 Å². The Morgan fingerprint density at radius 2 is 2.08 bits per heavy atom. The lowest BCUT2D eigenvalue weighted by atomic mass is 10.2. The maximum Gasteiger partial charge on any atom is 0.261 e. The van der Waals surface area contributed by atoms with Crippen molar-refractivity contribution in [3.05, 3.63) is 63.0 Å². The zero-order chi connectivity index (χ0) is 18.1. The fourth-order valence-corrected chi connectivity index (χ4v) is 4.32. The predicted octanol–water partition coefficient (Wildman–Crippen LogP) is 3.94. The molecule has 3 heterocycles. The van der Waals surface area contributed by atoms with Gasteiger partial charge >= 0.3 is 0 Å². The molecule has 1 amide bonds. The number of nitrogens with zero attached hydrogens (tertiary/aromatic N) is 3. The molecule has 3 aromatic heterocycles. The minimum atomic E-state index is -0.280. The first-order valence-corrected chi connectivity index (χ1v) is 9.74. The van der Waals surface area contributed by atoms with E-state index >= 15 is 0 Å². The lowest BCUT2D eigenvalue weighted by molar-refractivity contribution is 0.0958. The third-order valence-corrected chi connectivity index (χ3v) is 6.06. The molecule has 132 valence electrons.